The summed E-state index contributed by atoms with van der Waals surface area (Å²) in [5.74, 6) is 0.949. The van der Waals surface area contributed by atoms with Crippen LogP contribution in [0.3, 0.4) is 0 Å². The minimum Gasteiger partial charge on any atom is -0.348 e. The number of carbonyl (C=O) groups excluding carboxylic acids is 1. The van der Waals surface area contributed by atoms with Gasteiger partial charge < -0.3 is 9.88 Å². The smallest absolute Gasteiger partial charge is 0.348 e. The molecule has 2 aromatic heterocycles. The highest BCUT2D eigenvalue weighted by Gasteiger charge is 2.31. The third-order valence-electron chi connectivity index (χ3n) is 4.59. The summed E-state index contributed by atoms with van der Waals surface area (Å²) in [6.07, 6.45) is 4.42. The number of aryl methyl sites for hydroxylation is 1. The van der Waals surface area contributed by atoms with Crippen LogP contribution in [0.15, 0.2) is 13.9 Å². The molecule has 2 unspecified atom stereocenters. The van der Waals surface area contributed by atoms with Gasteiger partial charge in [0.2, 0.25) is 0 Å². The van der Waals surface area contributed by atoms with Crippen LogP contribution in [0.2, 0.25) is 0 Å². The number of imidazole rings is 1. The van der Waals surface area contributed by atoms with Gasteiger partial charge in [-0.15, -0.1) is 0 Å². The average Bonchev–Trinajstić information content (AvgIpc) is 3.25. The molecule has 8 nitrogen and oxygen atoms in total. The first-order chi connectivity index (χ1) is 11.1. The maximum Gasteiger partial charge on any atom is 0.438 e. The zero-order chi connectivity index (χ0) is 16.0. The molecule has 2 aliphatic rings. The van der Waals surface area contributed by atoms with Crippen molar-refractivity contribution < 1.29 is 9.32 Å². The first-order valence-electron chi connectivity index (χ1n) is 7.73. The highest BCUT2D eigenvalue weighted by molar-refractivity contribution is 9.10. The molecule has 9 heteroatoms. The van der Waals surface area contributed by atoms with Gasteiger partial charge in [0, 0.05) is 24.9 Å². The maximum absolute atomic E-state index is 12.5. The van der Waals surface area contributed by atoms with E-state index < -0.39 is 5.76 Å². The van der Waals surface area contributed by atoms with Crippen molar-refractivity contribution in [2.75, 3.05) is 0 Å². The Kier molecular flexibility index (Phi) is 3.59. The lowest BCUT2D eigenvalue weighted by Crippen LogP contribution is -2.33. The monoisotopic (exact) mass is 381 g/mol. The Morgan fingerprint density at radius 1 is 1.43 bits per heavy atom. The van der Waals surface area contributed by atoms with Gasteiger partial charge in [-0.25, -0.2) is 9.78 Å². The molecule has 2 atom stereocenters. The van der Waals surface area contributed by atoms with Crippen molar-refractivity contribution in [3.05, 3.63) is 32.5 Å². The van der Waals surface area contributed by atoms with Crippen molar-refractivity contribution >= 4 is 21.8 Å². The van der Waals surface area contributed by atoms with Crippen molar-refractivity contribution in [2.45, 2.75) is 50.6 Å². The molecule has 1 amide bonds. The highest BCUT2D eigenvalue weighted by atomic mass is 79.9. The first kappa shape index (κ1) is 14.7. The summed E-state index contributed by atoms with van der Waals surface area (Å²) in [5, 5.41) is 6.77. The fraction of sp³-hybridized carbons (Fsp3) is 0.571. The van der Waals surface area contributed by atoms with Crippen molar-refractivity contribution in [1.29, 1.82) is 0 Å². The van der Waals surface area contributed by atoms with E-state index in [4.69, 9.17) is 0 Å². The predicted octanol–water partition coefficient (Wildman–Crippen LogP) is 1.33. The van der Waals surface area contributed by atoms with E-state index in [1.165, 1.54) is 0 Å². The molecule has 4 rings (SSSR count). The molecule has 2 N–H and O–H groups in total. The zero-order valence-corrected chi connectivity index (χ0v) is 13.9. The third-order valence-corrected chi connectivity index (χ3v) is 5.40. The summed E-state index contributed by atoms with van der Waals surface area (Å²) in [5.41, 5.74) is 0.456. The van der Waals surface area contributed by atoms with Crippen molar-refractivity contribution in [2.24, 2.45) is 0 Å². The first-order valence-corrected chi connectivity index (χ1v) is 8.53. The number of nitrogens with zero attached hydrogens (tertiary/aromatic N) is 3. The van der Waals surface area contributed by atoms with Gasteiger partial charge in [0.15, 0.2) is 11.5 Å². The molecule has 1 aliphatic heterocycles. The van der Waals surface area contributed by atoms with Gasteiger partial charge in [-0.1, -0.05) is 5.16 Å². The molecular weight excluding hydrogens is 366 g/mol. The molecular formula is C14H16BrN5O3. The number of rotatable bonds is 3. The van der Waals surface area contributed by atoms with Crippen LogP contribution in [0.5, 0.6) is 0 Å². The van der Waals surface area contributed by atoms with E-state index in [0.717, 1.165) is 49.1 Å². The van der Waals surface area contributed by atoms with Gasteiger partial charge in [-0.2, -0.15) is 0 Å². The van der Waals surface area contributed by atoms with Crippen LogP contribution < -0.4 is 11.1 Å². The van der Waals surface area contributed by atoms with Gasteiger partial charge in [0.25, 0.3) is 5.91 Å². The predicted molar refractivity (Wildman–Crippen MR) is 83.2 cm³/mol. The van der Waals surface area contributed by atoms with Crippen LogP contribution in [-0.2, 0) is 13.0 Å². The topological polar surface area (TPSA) is 106 Å². The molecule has 1 saturated carbocycles. The zero-order valence-electron chi connectivity index (χ0n) is 12.3. The van der Waals surface area contributed by atoms with Crippen LogP contribution in [0, 0.1) is 0 Å². The molecule has 0 saturated heterocycles. The average molecular weight is 382 g/mol. The number of amides is 1. The number of fused-ring (bicyclic) bond motifs is 1. The Hall–Kier alpha value is -1.90. The van der Waals surface area contributed by atoms with E-state index >= 15 is 0 Å². The Morgan fingerprint density at radius 3 is 3.04 bits per heavy atom. The fourth-order valence-electron chi connectivity index (χ4n) is 3.47. The molecule has 23 heavy (non-hydrogen) atoms. The Balaban J connectivity index is 1.43. The summed E-state index contributed by atoms with van der Waals surface area (Å²) < 4.78 is 7.36. The van der Waals surface area contributed by atoms with E-state index in [0.29, 0.717) is 11.5 Å². The maximum atomic E-state index is 12.5. The Morgan fingerprint density at radius 2 is 2.30 bits per heavy atom. The number of aromatic nitrogens is 4. The quantitative estimate of drug-likeness (QED) is 0.833. The normalized spacial score (nSPS) is 23.2. The SMILES string of the molecule is O=C(NC1CCC(c2noc(=O)[nH]2)C1)c1nc2n(c1Br)CCC2. The van der Waals surface area contributed by atoms with Crippen molar-refractivity contribution in [3.8, 4) is 0 Å². The van der Waals surface area contributed by atoms with Gasteiger partial charge in [-0.3, -0.25) is 14.3 Å². The summed E-state index contributed by atoms with van der Waals surface area (Å²) >= 11 is 3.48. The number of hydrogen-bond acceptors (Lipinski definition) is 5. The number of hydrogen-bond donors (Lipinski definition) is 2. The molecule has 0 bridgehead atoms. The molecule has 0 aromatic carbocycles. The molecule has 0 spiro atoms. The summed E-state index contributed by atoms with van der Waals surface area (Å²) in [6, 6.07) is 0.0520. The second-order valence-electron chi connectivity index (χ2n) is 6.08. The van der Waals surface area contributed by atoms with Crippen LogP contribution in [0.25, 0.3) is 0 Å². The number of nitrogens with one attached hydrogen (secondary N) is 2. The Bertz CT molecular complexity index is 808. The summed E-state index contributed by atoms with van der Waals surface area (Å²) in [6.45, 7) is 0.904. The minimum atomic E-state index is -0.538. The molecule has 0 radical (unpaired) electrons. The summed E-state index contributed by atoms with van der Waals surface area (Å²) in [4.78, 5) is 30.5. The highest BCUT2D eigenvalue weighted by Crippen LogP contribution is 2.32. The lowest BCUT2D eigenvalue weighted by atomic mass is 10.1. The van der Waals surface area contributed by atoms with Gasteiger partial charge >= 0.3 is 5.76 Å². The van der Waals surface area contributed by atoms with Crippen molar-refractivity contribution in [3.63, 3.8) is 0 Å². The van der Waals surface area contributed by atoms with E-state index in [9.17, 15) is 9.59 Å². The lowest BCUT2D eigenvalue weighted by Gasteiger charge is -2.12. The Labute approximate surface area is 139 Å². The van der Waals surface area contributed by atoms with Crippen LogP contribution in [0.1, 0.15) is 53.7 Å². The van der Waals surface area contributed by atoms with E-state index in [2.05, 4.69) is 40.9 Å². The third kappa shape index (κ3) is 2.62. The number of carbonyl (C=O) groups is 1. The van der Waals surface area contributed by atoms with E-state index in [1.807, 2.05) is 4.57 Å². The van der Waals surface area contributed by atoms with Crippen LogP contribution in [-0.4, -0.2) is 31.6 Å². The number of aromatic amines is 1. The largest absolute Gasteiger partial charge is 0.438 e. The minimum absolute atomic E-state index is 0.0520. The van der Waals surface area contributed by atoms with Gasteiger partial charge in [0.05, 0.1) is 0 Å². The summed E-state index contributed by atoms with van der Waals surface area (Å²) in [7, 11) is 0. The second kappa shape index (κ2) is 5.63. The lowest BCUT2D eigenvalue weighted by molar-refractivity contribution is 0.0932. The molecule has 3 heterocycles. The second-order valence-corrected chi connectivity index (χ2v) is 6.83. The van der Waals surface area contributed by atoms with Gasteiger partial charge in [-0.05, 0) is 41.6 Å². The van der Waals surface area contributed by atoms with E-state index in [-0.39, 0.29) is 17.9 Å². The van der Waals surface area contributed by atoms with Crippen LogP contribution >= 0.6 is 15.9 Å². The standard InChI is InChI=1S/C14H16BrN5O3/c15-11-10(17-9-2-1-5-20(9)11)13(21)16-8-4-3-7(6-8)12-18-14(22)23-19-12/h7-8H,1-6H2,(H,16,21)(H,18,19,22). The van der Waals surface area contributed by atoms with Crippen molar-refractivity contribution in [1.82, 2.24) is 25.0 Å². The molecule has 1 aliphatic carbocycles. The van der Waals surface area contributed by atoms with E-state index in [1.54, 1.807) is 0 Å². The number of halogens is 1. The van der Waals surface area contributed by atoms with Crippen LogP contribution in [0.4, 0.5) is 0 Å². The molecule has 1 fully saturated rings. The fourth-order valence-corrected chi connectivity index (χ4v) is 4.12. The number of H-pyrrole nitrogens is 1. The molecule has 122 valence electrons. The van der Waals surface area contributed by atoms with Gasteiger partial charge in [0.1, 0.15) is 10.4 Å². The molecule has 2 aromatic rings.